The molecule has 4 aliphatic rings. The number of carbonyl (C=O) groups is 1. The first-order valence-electron chi connectivity index (χ1n) is 13.7. The summed E-state index contributed by atoms with van der Waals surface area (Å²) in [5.41, 5.74) is -0.518. The van der Waals surface area contributed by atoms with Crippen molar-refractivity contribution in [1.29, 1.82) is 0 Å². The van der Waals surface area contributed by atoms with Crippen molar-refractivity contribution in [3.63, 3.8) is 0 Å². The molecule has 3 atom stereocenters. The maximum absolute atomic E-state index is 14.0. The third-order valence-electron chi connectivity index (χ3n) is 8.26. The normalized spacial score (nSPS) is 25.0. The minimum atomic E-state index is -1.48. The van der Waals surface area contributed by atoms with Crippen LogP contribution >= 0.6 is 0 Å². The Kier molecular flexibility index (Phi) is 7.06. The van der Waals surface area contributed by atoms with Gasteiger partial charge in [0.25, 0.3) is 5.91 Å². The number of fused-ring (bicyclic) bond motifs is 1. The van der Waals surface area contributed by atoms with Gasteiger partial charge in [-0.05, 0) is 55.2 Å². The SMILES string of the molecule is CC1=NC(c2ccc(F)cc2)(c2ccc(F)cc2)C(=O)N1CC(O)CN1CCC(N2N=NC3C=CC=CC32)CC1. The highest BCUT2D eigenvalue weighted by Gasteiger charge is 2.50. The van der Waals surface area contributed by atoms with Crippen molar-refractivity contribution < 1.29 is 18.7 Å². The number of amides is 1. The van der Waals surface area contributed by atoms with E-state index in [9.17, 15) is 18.7 Å². The van der Waals surface area contributed by atoms with E-state index in [1.54, 1.807) is 6.92 Å². The fourth-order valence-corrected chi connectivity index (χ4v) is 6.20. The summed E-state index contributed by atoms with van der Waals surface area (Å²) in [5.74, 6) is -0.774. The number of aliphatic hydroxyl groups is 1. The Morgan fingerprint density at radius 1 is 0.950 bits per heavy atom. The molecule has 6 rings (SSSR count). The second-order valence-electron chi connectivity index (χ2n) is 10.8. The summed E-state index contributed by atoms with van der Waals surface area (Å²) in [7, 11) is 0. The second-order valence-corrected chi connectivity index (χ2v) is 10.8. The number of halogens is 2. The van der Waals surface area contributed by atoms with Crippen LogP contribution in [0, 0.1) is 11.6 Å². The van der Waals surface area contributed by atoms with Crippen molar-refractivity contribution >= 4 is 11.7 Å². The minimum absolute atomic E-state index is 0.0689. The number of β-amino-alcohol motifs (C(OH)–C–C–N with tert-alkyl or cyclic N) is 1. The molecule has 1 saturated heterocycles. The zero-order valence-corrected chi connectivity index (χ0v) is 22.3. The number of aliphatic imine (C=N–C) groups is 1. The number of piperidine rings is 1. The number of carbonyl (C=O) groups excluding carboxylic acids is 1. The van der Waals surface area contributed by atoms with Gasteiger partial charge in [-0.1, -0.05) is 53.8 Å². The number of rotatable bonds is 7. The van der Waals surface area contributed by atoms with Crippen molar-refractivity contribution in [1.82, 2.24) is 14.8 Å². The molecule has 3 aliphatic heterocycles. The third-order valence-corrected chi connectivity index (χ3v) is 8.26. The number of allylic oxidation sites excluding steroid dienone is 2. The summed E-state index contributed by atoms with van der Waals surface area (Å²) in [4.78, 5) is 22.5. The van der Waals surface area contributed by atoms with Gasteiger partial charge < -0.3 is 10.0 Å². The van der Waals surface area contributed by atoms with E-state index in [0.29, 0.717) is 29.5 Å². The highest BCUT2D eigenvalue weighted by atomic mass is 19.1. The maximum atomic E-state index is 14.0. The van der Waals surface area contributed by atoms with Crippen molar-refractivity contribution in [2.24, 2.45) is 15.3 Å². The molecule has 1 amide bonds. The Bertz CT molecular complexity index is 1320. The fraction of sp³-hybridized carbons (Fsp3) is 0.400. The molecule has 3 unspecified atom stereocenters. The van der Waals surface area contributed by atoms with Crippen LogP contribution < -0.4 is 0 Å². The quantitative estimate of drug-likeness (QED) is 0.572. The largest absolute Gasteiger partial charge is 0.390 e. The fourth-order valence-electron chi connectivity index (χ4n) is 6.20. The number of nitrogens with zero attached hydrogens (tertiary/aromatic N) is 6. The zero-order valence-electron chi connectivity index (χ0n) is 22.3. The van der Waals surface area contributed by atoms with E-state index in [1.165, 1.54) is 53.4 Å². The number of likely N-dealkylation sites (tertiary alicyclic amines) is 1. The van der Waals surface area contributed by atoms with Gasteiger partial charge in [0.05, 0.1) is 24.7 Å². The number of aliphatic hydroxyl groups excluding tert-OH is 1. The molecule has 2 aromatic carbocycles. The predicted molar refractivity (Wildman–Crippen MR) is 146 cm³/mol. The molecule has 0 radical (unpaired) electrons. The van der Waals surface area contributed by atoms with E-state index in [0.717, 1.165) is 25.9 Å². The molecule has 1 aliphatic carbocycles. The average molecular weight is 547 g/mol. The summed E-state index contributed by atoms with van der Waals surface area (Å²) in [6.07, 6.45) is 9.30. The lowest BCUT2D eigenvalue weighted by Crippen LogP contribution is -2.50. The van der Waals surface area contributed by atoms with Crippen LogP contribution in [-0.2, 0) is 10.3 Å². The predicted octanol–water partition coefficient (Wildman–Crippen LogP) is 3.84. The third kappa shape index (κ3) is 4.75. The molecule has 3 heterocycles. The molecule has 8 nitrogen and oxygen atoms in total. The van der Waals surface area contributed by atoms with Crippen LogP contribution in [0.15, 0.2) is 88.2 Å². The maximum Gasteiger partial charge on any atom is 0.265 e. The zero-order chi connectivity index (χ0) is 27.9. The van der Waals surface area contributed by atoms with Gasteiger partial charge in [0.1, 0.15) is 23.5 Å². The number of hydrogen-bond acceptors (Lipinski definition) is 7. The second kappa shape index (κ2) is 10.7. The molecule has 40 heavy (non-hydrogen) atoms. The van der Waals surface area contributed by atoms with E-state index >= 15 is 0 Å². The van der Waals surface area contributed by atoms with E-state index in [1.807, 2.05) is 12.2 Å². The molecule has 10 heteroatoms. The lowest BCUT2D eigenvalue weighted by Gasteiger charge is -2.38. The van der Waals surface area contributed by atoms with Crippen LogP contribution in [0.5, 0.6) is 0 Å². The van der Waals surface area contributed by atoms with Crippen molar-refractivity contribution in [2.75, 3.05) is 26.2 Å². The van der Waals surface area contributed by atoms with E-state index in [-0.39, 0.29) is 24.5 Å². The molecular formula is C30H32F2N6O2. The Hall–Kier alpha value is -3.76. The average Bonchev–Trinajstić information content (AvgIpc) is 3.50. The van der Waals surface area contributed by atoms with Crippen LogP contribution in [0.25, 0.3) is 0 Å². The number of benzene rings is 2. The molecule has 0 bridgehead atoms. The monoisotopic (exact) mass is 546 g/mol. The minimum Gasteiger partial charge on any atom is -0.390 e. The van der Waals surface area contributed by atoms with Crippen LogP contribution in [0.4, 0.5) is 8.78 Å². The Labute approximate surface area is 232 Å². The molecule has 2 aromatic rings. The standard InChI is InChI=1S/C30H32F2N6O2/c1-20-33-30(21-6-10-23(31)11-7-21,22-8-12-24(32)13-9-22)29(40)37(20)19-26(39)18-36-16-14-25(15-17-36)38-28-5-3-2-4-27(28)34-35-38/h2-13,25-28,39H,14-19H2,1H3. The highest BCUT2D eigenvalue weighted by molar-refractivity contribution is 6.09. The van der Waals surface area contributed by atoms with Crippen LogP contribution in [0.2, 0.25) is 0 Å². The molecule has 208 valence electrons. The highest BCUT2D eigenvalue weighted by Crippen LogP contribution is 2.40. The van der Waals surface area contributed by atoms with Crippen molar-refractivity contribution in [2.45, 2.75) is 49.5 Å². The van der Waals surface area contributed by atoms with Gasteiger partial charge in [-0.15, -0.1) is 0 Å². The Morgan fingerprint density at radius 3 is 2.17 bits per heavy atom. The Morgan fingerprint density at radius 2 is 1.55 bits per heavy atom. The first-order chi connectivity index (χ1) is 19.3. The van der Waals surface area contributed by atoms with Gasteiger partial charge in [0, 0.05) is 19.6 Å². The van der Waals surface area contributed by atoms with Crippen LogP contribution in [0.3, 0.4) is 0 Å². The lowest BCUT2D eigenvalue weighted by molar-refractivity contribution is -0.131. The van der Waals surface area contributed by atoms with Gasteiger partial charge in [0.15, 0.2) is 5.54 Å². The van der Waals surface area contributed by atoms with E-state index in [4.69, 9.17) is 4.99 Å². The Balaban J connectivity index is 1.12. The van der Waals surface area contributed by atoms with Gasteiger partial charge in [-0.2, -0.15) is 5.11 Å². The van der Waals surface area contributed by atoms with Crippen molar-refractivity contribution in [3.8, 4) is 0 Å². The van der Waals surface area contributed by atoms with Gasteiger partial charge in [-0.25, -0.2) is 13.8 Å². The van der Waals surface area contributed by atoms with Gasteiger partial charge >= 0.3 is 0 Å². The van der Waals surface area contributed by atoms with E-state index in [2.05, 4.69) is 32.4 Å². The van der Waals surface area contributed by atoms with Crippen LogP contribution in [-0.4, -0.2) is 82.1 Å². The lowest BCUT2D eigenvalue weighted by atomic mass is 9.82. The molecule has 0 saturated carbocycles. The smallest absolute Gasteiger partial charge is 0.265 e. The first kappa shape index (κ1) is 26.5. The molecular weight excluding hydrogens is 514 g/mol. The summed E-state index contributed by atoms with van der Waals surface area (Å²) in [6.45, 7) is 3.82. The van der Waals surface area contributed by atoms with Gasteiger partial charge in [0.2, 0.25) is 0 Å². The van der Waals surface area contributed by atoms with E-state index < -0.39 is 23.3 Å². The van der Waals surface area contributed by atoms with Gasteiger partial charge in [-0.3, -0.25) is 14.7 Å². The number of amidine groups is 1. The number of hydrogen-bond donors (Lipinski definition) is 1. The molecule has 1 N–H and O–H groups in total. The topological polar surface area (TPSA) is 84.1 Å². The van der Waals surface area contributed by atoms with Crippen LogP contribution in [0.1, 0.15) is 30.9 Å². The first-order valence-corrected chi connectivity index (χ1v) is 13.7. The molecule has 0 spiro atoms. The summed E-state index contributed by atoms with van der Waals surface area (Å²) in [6, 6.07) is 11.8. The summed E-state index contributed by atoms with van der Waals surface area (Å²) >= 11 is 0. The molecule has 0 aromatic heterocycles. The molecule has 1 fully saturated rings. The summed E-state index contributed by atoms with van der Waals surface area (Å²) < 4.78 is 27.5. The summed E-state index contributed by atoms with van der Waals surface area (Å²) in [5, 5.41) is 22.0. The van der Waals surface area contributed by atoms with Crippen molar-refractivity contribution in [3.05, 3.63) is 95.6 Å².